The summed E-state index contributed by atoms with van der Waals surface area (Å²) in [6.45, 7) is 3.03. The van der Waals surface area contributed by atoms with Gasteiger partial charge in [-0.1, -0.05) is 58.4 Å². The van der Waals surface area contributed by atoms with Gasteiger partial charge in [0.2, 0.25) is 0 Å². The van der Waals surface area contributed by atoms with Crippen LogP contribution >= 0.6 is 15.9 Å². The van der Waals surface area contributed by atoms with Crippen molar-refractivity contribution in [2.75, 3.05) is 5.33 Å². The van der Waals surface area contributed by atoms with Gasteiger partial charge in [0.1, 0.15) is 5.82 Å². The van der Waals surface area contributed by atoms with Gasteiger partial charge in [-0.15, -0.1) is 0 Å². The summed E-state index contributed by atoms with van der Waals surface area (Å²) >= 11 is 3.65. The molecule has 102 valence electrons. The van der Waals surface area contributed by atoms with E-state index in [1.165, 1.54) is 11.1 Å². The van der Waals surface area contributed by atoms with Gasteiger partial charge >= 0.3 is 0 Å². The average Bonchev–Trinajstić information content (AvgIpc) is 2.81. The lowest BCUT2D eigenvalue weighted by Crippen LogP contribution is -2.11. The molecule has 1 unspecified atom stereocenters. The van der Waals surface area contributed by atoms with Crippen molar-refractivity contribution < 1.29 is 0 Å². The zero-order valence-corrected chi connectivity index (χ0v) is 13.0. The SMILES string of the molecule is Cc1nc2ccccc2n1CC(CBr)c1ccccc1. The van der Waals surface area contributed by atoms with Crippen LogP contribution < -0.4 is 0 Å². The Labute approximate surface area is 127 Å². The van der Waals surface area contributed by atoms with Gasteiger partial charge in [0, 0.05) is 17.8 Å². The van der Waals surface area contributed by atoms with Crippen molar-refractivity contribution in [1.82, 2.24) is 9.55 Å². The Kier molecular flexibility index (Phi) is 3.88. The molecule has 0 saturated heterocycles. The molecule has 1 heterocycles. The molecule has 0 amide bonds. The van der Waals surface area contributed by atoms with Crippen LogP contribution in [0, 0.1) is 6.92 Å². The summed E-state index contributed by atoms with van der Waals surface area (Å²) in [6, 6.07) is 19.0. The molecule has 0 aliphatic carbocycles. The first-order chi connectivity index (χ1) is 9.79. The van der Waals surface area contributed by atoms with Gasteiger partial charge in [0.15, 0.2) is 0 Å². The summed E-state index contributed by atoms with van der Waals surface area (Å²) in [5.74, 6) is 1.53. The normalized spacial score (nSPS) is 12.7. The highest BCUT2D eigenvalue weighted by atomic mass is 79.9. The van der Waals surface area contributed by atoms with Gasteiger partial charge in [0.25, 0.3) is 0 Å². The zero-order chi connectivity index (χ0) is 13.9. The lowest BCUT2D eigenvalue weighted by atomic mass is 10.0. The second-order valence-corrected chi connectivity index (χ2v) is 5.67. The van der Waals surface area contributed by atoms with Crippen LogP contribution in [0.4, 0.5) is 0 Å². The first kappa shape index (κ1) is 13.4. The lowest BCUT2D eigenvalue weighted by molar-refractivity contribution is 0.606. The number of rotatable bonds is 4. The van der Waals surface area contributed by atoms with Crippen molar-refractivity contribution in [3.63, 3.8) is 0 Å². The number of aromatic nitrogens is 2. The van der Waals surface area contributed by atoms with Gasteiger partial charge in [0.05, 0.1) is 11.0 Å². The zero-order valence-electron chi connectivity index (χ0n) is 11.5. The van der Waals surface area contributed by atoms with E-state index >= 15 is 0 Å². The molecule has 3 heteroatoms. The monoisotopic (exact) mass is 328 g/mol. The smallest absolute Gasteiger partial charge is 0.106 e. The third-order valence-electron chi connectivity index (χ3n) is 3.71. The van der Waals surface area contributed by atoms with Crippen LogP contribution in [0.5, 0.6) is 0 Å². The Morgan fingerprint density at radius 2 is 1.75 bits per heavy atom. The predicted octanol–water partition coefficient (Wildman–Crippen LogP) is 4.52. The molecule has 20 heavy (non-hydrogen) atoms. The molecule has 1 aromatic heterocycles. The summed E-state index contributed by atoms with van der Waals surface area (Å²) < 4.78 is 2.31. The number of hydrogen-bond acceptors (Lipinski definition) is 1. The van der Waals surface area contributed by atoms with Gasteiger partial charge < -0.3 is 4.57 Å². The van der Waals surface area contributed by atoms with Crippen molar-refractivity contribution in [3.8, 4) is 0 Å². The first-order valence-electron chi connectivity index (χ1n) is 6.82. The van der Waals surface area contributed by atoms with Gasteiger partial charge in [-0.25, -0.2) is 4.98 Å². The van der Waals surface area contributed by atoms with E-state index in [1.54, 1.807) is 0 Å². The molecule has 0 saturated carbocycles. The largest absolute Gasteiger partial charge is 0.328 e. The molecular weight excluding hydrogens is 312 g/mol. The summed E-state index contributed by atoms with van der Waals surface area (Å²) in [5, 5.41) is 0.947. The molecule has 2 nitrogen and oxygen atoms in total. The molecule has 0 radical (unpaired) electrons. The topological polar surface area (TPSA) is 17.8 Å². The molecular formula is C17H17BrN2. The molecule has 0 aliphatic heterocycles. The summed E-state index contributed by atoms with van der Waals surface area (Å²) in [7, 11) is 0. The second kappa shape index (κ2) is 5.80. The molecule has 3 aromatic rings. The Hall–Kier alpha value is -1.61. The number of hydrogen-bond donors (Lipinski definition) is 0. The standard InChI is InChI=1S/C17H17BrN2/c1-13-19-16-9-5-6-10-17(16)20(13)12-15(11-18)14-7-3-2-4-8-14/h2-10,15H,11-12H2,1H3. The van der Waals surface area contributed by atoms with E-state index in [1.807, 2.05) is 6.07 Å². The Balaban J connectivity index is 1.97. The number of nitrogens with zero attached hydrogens (tertiary/aromatic N) is 2. The third-order valence-corrected chi connectivity index (χ3v) is 4.49. The van der Waals surface area contributed by atoms with Crippen molar-refractivity contribution >= 4 is 27.0 Å². The van der Waals surface area contributed by atoms with E-state index < -0.39 is 0 Å². The van der Waals surface area contributed by atoms with Crippen molar-refractivity contribution in [1.29, 1.82) is 0 Å². The lowest BCUT2D eigenvalue weighted by Gasteiger charge is -2.17. The third kappa shape index (κ3) is 2.50. The number of benzene rings is 2. The highest BCUT2D eigenvalue weighted by molar-refractivity contribution is 9.09. The van der Waals surface area contributed by atoms with Crippen molar-refractivity contribution in [2.45, 2.75) is 19.4 Å². The molecule has 0 fully saturated rings. The number of halogens is 1. The minimum Gasteiger partial charge on any atom is -0.328 e. The van der Waals surface area contributed by atoms with Crippen LogP contribution in [-0.2, 0) is 6.54 Å². The summed E-state index contributed by atoms with van der Waals surface area (Å²) in [6.07, 6.45) is 0. The van der Waals surface area contributed by atoms with Crippen LogP contribution in [0.1, 0.15) is 17.3 Å². The van der Waals surface area contributed by atoms with E-state index in [-0.39, 0.29) is 0 Å². The van der Waals surface area contributed by atoms with Gasteiger partial charge in [-0.2, -0.15) is 0 Å². The summed E-state index contributed by atoms with van der Waals surface area (Å²) in [5.41, 5.74) is 3.65. The second-order valence-electron chi connectivity index (χ2n) is 5.02. The molecule has 0 spiro atoms. The highest BCUT2D eigenvalue weighted by Crippen LogP contribution is 2.24. The maximum absolute atomic E-state index is 4.64. The maximum Gasteiger partial charge on any atom is 0.106 e. The Morgan fingerprint density at radius 1 is 1.05 bits per heavy atom. The van der Waals surface area contributed by atoms with Crippen LogP contribution in [0.25, 0.3) is 11.0 Å². The number of para-hydroxylation sites is 2. The fourth-order valence-electron chi connectivity index (χ4n) is 2.62. The molecule has 2 aromatic carbocycles. The molecule has 1 atom stereocenters. The Morgan fingerprint density at radius 3 is 2.50 bits per heavy atom. The minimum absolute atomic E-state index is 0.451. The Bertz CT molecular complexity index is 703. The van der Waals surface area contributed by atoms with Crippen LogP contribution in [0.15, 0.2) is 54.6 Å². The highest BCUT2D eigenvalue weighted by Gasteiger charge is 2.14. The molecule has 0 aliphatic rings. The number of aryl methyl sites for hydroxylation is 1. The van der Waals surface area contributed by atoms with E-state index in [4.69, 9.17) is 0 Å². The van der Waals surface area contributed by atoms with E-state index in [0.717, 1.165) is 23.2 Å². The van der Waals surface area contributed by atoms with Gasteiger partial charge in [-0.05, 0) is 24.6 Å². The van der Waals surface area contributed by atoms with Crippen molar-refractivity contribution in [3.05, 3.63) is 66.0 Å². The minimum atomic E-state index is 0.451. The molecule has 0 bridgehead atoms. The number of imidazole rings is 1. The first-order valence-corrected chi connectivity index (χ1v) is 7.94. The van der Waals surface area contributed by atoms with E-state index in [2.05, 4.69) is 80.9 Å². The summed E-state index contributed by atoms with van der Waals surface area (Å²) in [4.78, 5) is 4.64. The van der Waals surface area contributed by atoms with E-state index in [9.17, 15) is 0 Å². The molecule has 0 N–H and O–H groups in total. The fourth-order valence-corrected chi connectivity index (χ4v) is 3.19. The fraction of sp³-hybridized carbons (Fsp3) is 0.235. The van der Waals surface area contributed by atoms with E-state index in [0.29, 0.717) is 5.92 Å². The average molecular weight is 329 g/mol. The quantitative estimate of drug-likeness (QED) is 0.643. The molecule has 3 rings (SSSR count). The van der Waals surface area contributed by atoms with Crippen LogP contribution in [0.2, 0.25) is 0 Å². The van der Waals surface area contributed by atoms with Crippen LogP contribution in [0.3, 0.4) is 0 Å². The number of alkyl halides is 1. The van der Waals surface area contributed by atoms with Crippen LogP contribution in [-0.4, -0.2) is 14.9 Å². The maximum atomic E-state index is 4.64. The number of fused-ring (bicyclic) bond motifs is 1. The predicted molar refractivity (Wildman–Crippen MR) is 87.4 cm³/mol. The van der Waals surface area contributed by atoms with Gasteiger partial charge in [-0.3, -0.25) is 0 Å². The van der Waals surface area contributed by atoms with Crippen molar-refractivity contribution in [2.24, 2.45) is 0 Å².